The second kappa shape index (κ2) is 6.55. The summed E-state index contributed by atoms with van der Waals surface area (Å²) in [4.78, 5) is 15.5. The molecule has 3 heteroatoms. The Bertz CT molecular complexity index is 951. The minimum absolute atomic E-state index is 0.0393. The van der Waals surface area contributed by atoms with E-state index in [2.05, 4.69) is 44.2 Å². The summed E-state index contributed by atoms with van der Waals surface area (Å²) in [7, 11) is 0. The lowest BCUT2D eigenvalue weighted by atomic mass is 9.81. The molecule has 0 radical (unpaired) electrons. The van der Waals surface area contributed by atoms with Gasteiger partial charge in [-0.05, 0) is 31.1 Å². The average molecular weight is 354 g/mol. The number of fused-ring (bicyclic) bond motifs is 1. The van der Waals surface area contributed by atoms with E-state index < -0.39 is 5.54 Å². The number of carbonyl (C=O) groups is 1. The van der Waals surface area contributed by atoms with Gasteiger partial charge in [0.05, 0.1) is 23.6 Å². The summed E-state index contributed by atoms with van der Waals surface area (Å²) < 4.78 is 0. The molecule has 0 N–H and O–H groups in total. The maximum absolute atomic E-state index is 13.5. The van der Waals surface area contributed by atoms with Crippen LogP contribution in [0.4, 0.5) is 0 Å². The van der Waals surface area contributed by atoms with E-state index in [1.165, 1.54) is 0 Å². The molecule has 2 aromatic rings. The van der Waals surface area contributed by atoms with E-state index in [0.29, 0.717) is 5.57 Å². The lowest BCUT2D eigenvalue weighted by molar-refractivity contribution is -0.136. The number of nitriles is 1. The normalized spacial score (nSPS) is 24.3. The predicted molar refractivity (Wildman–Crippen MR) is 105 cm³/mol. The molecule has 1 amide bonds. The fraction of sp³-hybridized carbons (Fsp3) is 0.250. The molecular weight excluding hydrogens is 332 g/mol. The van der Waals surface area contributed by atoms with E-state index in [4.69, 9.17) is 0 Å². The van der Waals surface area contributed by atoms with Gasteiger partial charge < -0.3 is 4.90 Å². The smallest absolute Gasteiger partial charge is 0.231 e. The summed E-state index contributed by atoms with van der Waals surface area (Å²) in [6.07, 6.45) is 5.66. The quantitative estimate of drug-likeness (QED) is 0.798. The highest BCUT2D eigenvalue weighted by Crippen LogP contribution is 2.50. The Kier molecular flexibility index (Phi) is 4.20. The molecule has 0 unspecified atom stereocenters. The topological polar surface area (TPSA) is 44.1 Å². The maximum Gasteiger partial charge on any atom is 0.231 e. The lowest BCUT2D eigenvalue weighted by Crippen LogP contribution is -2.44. The number of rotatable bonds is 3. The predicted octanol–water partition coefficient (Wildman–Crippen LogP) is 4.76. The molecule has 0 spiro atoms. The van der Waals surface area contributed by atoms with Crippen LogP contribution in [0.25, 0.3) is 0 Å². The van der Waals surface area contributed by atoms with Crippen molar-refractivity contribution in [2.45, 2.75) is 25.4 Å². The number of benzene rings is 2. The fourth-order valence-corrected chi connectivity index (χ4v) is 4.41. The van der Waals surface area contributed by atoms with Crippen LogP contribution in [0.2, 0.25) is 0 Å². The molecule has 1 heterocycles. The molecule has 1 fully saturated rings. The second-order valence-electron chi connectivity index (χ2n) is 7.68. The summed E-state index contributed by atoms with van der Waals surface area (Å²) in [5.41, 5.74) is 2.37. The second-order valence-corrected chi connectivity index (χ2v) is 7.68. The third-order valence-electron chi connectivity index (χ3n) is 5.79. The SMILES string of the molecule is CC(C)(c1ccccc1)N1C(=O)[C@@H]2C=CC(C#N)=C[C@@H]2[C@H]1c1ccccc1. The summed E-state index contributed by atoms with van der Waals surface area (Å²) in [6.45, 7) is 4.21. The van der Waals surface area contributed by atoms with Gasteiger partial charge in [-0.15, -0.1) is 0 Å². The molecule has 27 heavy (non-hydrogen) atoms. The third-order valence-corrected chi connectivity index (χ3v) is 5.79. The molecule has 0 saturated carbocycles. The molecule has 2 aromatic carbocycles. The van der Waals surface area contributed by atoms with Crippen molar-refractivity contribution in [2.24, 2.45) is 11.8 Å². The van der Waals surface area contributed by atoms with Crippen LogP contribution in [-0.2, 0) is 10.3 Å². The van der Waals surface area contributed by atoms with Gasteiger partial charge in [-0.1, -0.05) is 72.8 Å². The van der Waals surface area contributed by atoms with E-state index in [1.807, 2.05) is 53.5 Å². The van der Waals surface area contributed by atoms with Crippen molar-refractivity contribution in [3.8, 4) is 6.07 Å². The van der Waals surface area contributed by atoms with Crippen LogP contribution >= 0.6 is 0 Å². The van der Waals surface area contributed by atoms with Gasteiger partial charge in [0.1, 0.15) is 0 Å². The number of hydrogen-bond acceptors (Lipinski definition) is 2. The molecule has 0 aromatic heterocycles. The van der Waals surface area contributed by atoms with Crippen molar-refractivity contribution in [3.63, 3.8) is 0 Å². The Morgan fingerprint density at radius 3 is 2.26 bits per heavy atom. The Balaban J connectivity index is 1.87. The van der Waals surface area contributed by atoms with E-state index in [-0.39, 0.29) is 23.8 Å². The van der Waals surface area contributed by atoms with Crippen LogP contribution in [0.5, 0.6) is 0 Å². The number of allylic oxidation sites excluding steroid dienone is 2. The molecular formula is C24H22N2O. The van der Waals surface area contributed by atoms with Crippen molar-refractivity contribution in [1.29, 1.82) is 5.26 Å². The van der Waals surface area contributed by atoms with Crippen LogP contribution in [0.1, 0.15) is 31.0 Å². The first-order valence-corrected chi connectivity index (χ1v) is 9.28. The van der Waals surface area contributed by atoms with Gasteiger partial charge in [0, 0.05) is 11.5 Å². The molecule has 0 bridgehead atoms. The zero-order chi connectivity index (χ0) is 19.0. The number of nitrogens with zero attached hydrogens (tertiary/aromatic N) is 2. The molecule has 1 saturated heterocycles. The summed E-state index contributed by atoms with van der Waals surface area (Å²) >= 11 is 0. The largest absolute Gasteiger partial charge is 0.325 e. The van der Waals surface area contributed by atoms with Gasteiger partial charge in [-0.25, -0.2) is 0 Å². The van der Waals surface area contributed by atoms with Gasteiger partial charge in [-0.2, -0.15) is 5.26 Å². The Morgan fingerprint density at radius 2 is 1.63 bits per heavy atom. The van der Waals surface area contributed by atoms with Crippen LogP contribution in [0.15, 0.2) is 84.5 Å². The van der Waals surface area contributed by atoms with E-state index in [0.717, 1.165) is 11.1 Å². The zero-order valence-corrected chi connectivity index (χ0v) is 15.5. The molecule has 4 rings (SSSR count). The monoisotopic (exact) mass is 354 g/mol. The molecule has 3 atom stereocenters. The van der Waals surface area contributed by atoms with Crippen molar-refractivity contribution in [3.05, 3.63) is 95.6 Å². The van der Waals surface area contributed by atoms with Crippen LogP contribution in [-0.4, -0.2) is 10.8 Å². The van der Waals surface area contributed by atoms with Gasteiger partial charge in [0.2, 0.25) is 5.91 Å². The minimum Gasteiger partial charge on any atom is -0.325 e. The molecule has 1 aliphatic heterocycles. The van der Waals surface area contributed by atoms with Crippen LogP contribution in [0, 0.1) is 23.2 Å². The van der Waals surface area contributed by atoms with Gasteiger partial charge >= 0.3 is 0 Å². The van der Waals surface area contributed by atoms with Gasteiger partial charge in [-0.3, -0.25) is 4.79 Å². The summed E-state index contributed by atoms with van der Waals surface area (Å²) in [5, 5.41) is 9.37. The standard InChI is InChI=1S/C24H22N2O/c1-24(2,19-11-7-4-8-12-19)26-22(18-9-5-3-6-10-18)21-15-17(16-25)13-14-20(21)23(26)27/h3-15,20-22H,1-2H3/t20-,21+,22-/m1/s1. The summed E-state index contributed by atoms with van der Waals surface area (Å²) in [6, 6.07) is 22.4. The highest BCUT2D eigenvalue weighted by Gasteiger charge is 2.52. The molecule has 2 aliphatic rings. The maximum atomic E-state index is 13.5. The van der Waals surface area contributed by atoms with Crippen LogP contribution < -0.4 is 0 Å². The van der Waals surface area contributed by atoms with Crippen molar-refractivity contribution in [1.82, 2.24) is 4.90 Å². The van der Waals surface area contributed by atoms with Crippen molar-refractivity contribution < 1.29 is 4.79 Å². The van der Waals surface area contributed by atoms with Gasteiger partial charge in [0.15, 0.2) is 0 Å². The van der Waals surface area contributed by atoms with Crippen LogP contribution in [0.3, 0.4) is 0 Å². The van der Waals surface area contributed by atoms with E-state index >= 15 is 0 Å². The lowest BCUT2D eigenvalue weighted by Gasteiger charge is -2.41. The molecule has 1 aliphatic carbocycles. The highest BCUT2D eigenvalue weighted by molar-refractivity contribution is 5.86. The Labute approximate surface area is 160 Å². The summed E-state index contributed by atoms with van der Waals surface area (Å²) in [5.74, 6) is -0.148. The first-order chi connectivity index (χ1) is 13.0. The first-order valence-electron chi connectivity index (χ1n) is 9.28. The Morgan fingerprint density at radius 1 is 1.00 bits per heavy atom. The average Bonchev–Trinajstić information content (AvgIpc) is 3.02. The van der Waals surface area contributed by atoms with Crippen molar-refractivity contribution >= 4 is 5.91 Å². The molecule has 3 nitrogen and oxygen atoms in total. The number of amides is 1. The number of likely N-dealkylation sites (tertiary alicyclic amines) is 1. The Hall–Kier alpha value is -3.12. The van der Waals surface area contributed by atoms with Crippen molar-refractivity contribution in [2.75, 3.05) is 0 Å². The van der Waals surface area contributed by atoms with E-state index in [1.54, 1.807) is 6.08 Å². The molecule has 134 valence electrons. The zero-order valence-electron chi connectivity index (χ0n) is 15.5. The van der Waals surface area contributed by atoms with Gasteiger partial charge in [0.25, 0.3) is 0 Å². The number of carbonyl (C=O) groups excluding carboxylic acids is 1. The number of hydrogen-bond donors (Lipinski definition) is 0. The third kappa shape index (κ3) is 2.78. The fourth-order valence-electron chi connectivity index (χ4n) is 4.41. The minimum atomic E-state index is -0.468. The van der Waals surface area contributed by atoms with E-state index in [9.17, 15) is 10.1 Å². The first kappa shape index (κ1) is 17.3. The highest BCUT2D eigenvalue weighted by atomic mass is 16.2.